The SMILES string of the molecule is NC1CCC2CN(c3ncc(Cl)cc3F)CC12. The van der Waals surface area contributed by atoms with Gasteiger partial charge >= 0.3 is 0 Å². The third-order valence-corrected chi connectivity index (χ3v) is 4.21. The Morgan fingerprint density at radius 1 is 1.41 bits per heavy atom. The molecule has 0 aromatic carbocycles. The third kappa shape index (κ3) is 1.89. The van der Waals surface area contributed by atoms with Crippen molar-refractivity contribution >= 4 is 17.4 Å². The first-order valence-corrected chi connectivity index (χ1v) is 6.34. The molecular formula is C12H15ClFN3. The number of rotatable bonds is 1. The summed E-state index contributed by atoms with van der Waals surface area (Å²) in [4.78, 5) is 6.09. The molecule has 3 nitrogen and oxygen atoms in total. The molecule has 1 aliphatic carbocycles. The highest BCUT2D eigenvalue weighted by Crippen LogP contribution is 2.39. The van der Waals surface area contributed by atoms with Gasteiger partial charge < -0.3 is 10.6 Å². The molecule has 17 heavy (non-hydrogen) atoms. The summed E-state index contributed by atoms with van der Waals surface area (Å²) in [5.41, 5.74) is 6.06. The molecule has 1 aromatic heterocycles. The number of nitrogens with zero attached hydrogens (tertiary/aromatic N) is 2. The monoisotopic (exact) mass is 255 g/mol. The maximum atomic E-state index is 13.8. The topological polar surface area (TPSA) is 42.1 Å². The van der Waals surface area contributed by atoms with Crippen molar-refractivity contribution < 1.29 is 4.39 Å². The molecule has 2 heterocycles. The largest absolute Gasteiger partial charge is 0.354 e. The maximum absolute atomic E-state index is 13.8. The Labute approximate surface area is 105 Å². The van der Waals surface area contributed by atoms with Crippen LogP contribution in [0.1, 0.15) is 12.8 Å². The van der Waals surface area contributed by atoms with Gasteiger partial charge in [-0.1, -0.05) is 11.6 Å². The highest BCUT2D eigenvalue weighted by Gasteiger charge is 2.41. The molecule has 0 bridgehead atoms. The molecular weight excluding hydrogens is 241 g/mol. The fourth-order valence-electron chi connectivity index (χ4n) is 3.12. The van der Waals surface area contributed by atoms with Crippen molar-refractivity contribution in [1.29, 1.82) is 0 Å². The number of hydrogen-bond donors (Lipinski definition) is 1. The van der Waals surface area contributed by atoms with Crippen LogP contribution in [0.25, 0.3) is 0 Å². The average Bonchev–Trinajstić information content (AvgIpc) is 2.81. The summed E-state index contributed by atoms with van der Waals surface area (Å²) in [5, 5.41) is 0.336. The van der Waals surface area contributed by atoms with Gasteiger partial charge in [-0.15, -0.1) is 0 Å². The first-order chi connectivity index (χ1) is 8.15. The van der Waals surface area contributed by atoms with E-state index < -0.39 is 0 Å². The number of anilines is 1. The number of pyridine rings is 1. The van der Waals surface area contributed by atoms with Crippen LogP contribution in [0.4, 0.5) is 10.2 Å². The first-order valence-electron chi connectivity index (χ1n) is 5.96. The maximum Gasteiger partial charge on any atom is 0.167 e. The van der Waals surface area contributed by atoms with Gasteiger partial charge in [0.15, 0.2) is 11.6 Å². The molecule has 0 radical (unpaired) electrons. The van der Waals surface area contributed by atoms with Crippen molar-refractivity contribution in [1.82, 2.24) is 4.98 Å². The van der Waals surface area contributed by atoms with E-state index in [9.17, 15) is 4.39 Å². The second-order valence-corrected chi connectivity index (χ2v) is 5.47. The molecule has 3 atom stereocenters. The van der Waals surface area contributed by atoms with Crippen LogP contribution in [0.15, 0.2) is 12.3 Å². The predicted molar refractivity (Wildman–Crippen MR) is 65.6 cm³/mol. The first kappa shape index (κ1) is 11.2. The lowest BCUT2D eigenvalue weighted by molar-refractivity contribution is 0.453. The van der Waals surface area contributed by atoms with Crippen LogP contribution < -0.4 is 10.6 Å². The Bertz CT molecular complexity index is 440. The molecule has 2 aliphatic rings. The highest BCUT2D eigenvalue weighted by atomic mass is 35.5. The van der Waals surface area contributed by atoms with Gasteiger partial charge in [0.25, 0.3) is 0 Å². The minimum atomic E-state index is -0.342. The average molecular weight is 256 g/mol. The second-order valence-electron chi connectivity index (χ2n) is 5.03. The Morgan fingerprint density at radius 3 is 2.94 bits per heavy atom. The van der Waals surface area contributed by atoms with Crippen molar-refractivity contribution in [3.63, 3.8) is 0 Å². The van der Waals surface area contributed by atoms with E-state index in [1.54, 1.807) is 0 Å². The number of halogens is 2. The van der Waals surface area contributed by atoms with Gasteiger partial charge in [0.1, 0.15) is 0 Å². The van der Waals surface area contributed by atoms with Crippen molar-refractivity contribution in [2.45, 2.75) is 18.9 Å². The molecule has 0 amide bonds. The van der Waals surface area contributed by atoms with Crippen LogP contribution in [-0.4, -0.2) is 24.1 Å². The number of aromatic nitrogens is 1. The number of nitrogens with two attached hydrogens (primary N) is 1. The minimum absolute atomic E-state index is 0.264. The van der Waals surface area contributed by atoms with Crippen LogP contribution in [0.5, 0.6) is 0 Å². The Balaban J connectivity index is 1.83. The lowest BCUT2D eigenvalue weighted by atomic mass is 9.98. The van der Waals surface area contributed by atoms with E-state index in [2.05, 4.69) is 4.98 Å². The lowest BCUT2D eigenvalue weighted by Gasteiger charge is -2.20. The fourth-order valence-corrected chi connectivity index (χ4v) is 3.27. The Hall–Kier alpha value is -0.870. The predicted octanol–water partition coefficient (Wildman–Crippen LogP) is 2.05. The zero-order chi connectivity index (χ0) is 12.0. The van der Waals surface area contributed by atoms with Gasteiger partial charge in [0.2, 0.25) is 0 Å². The van der Waals surface area contributed by atoms with E-state index in [4.69, 9.17) is 17.3 Å². The number of fused-ring (bicyclic) bond motifs is 1. The fraction of sp³-hybridized carbons (Fsp3) is 0.583. The summed E-state index contributed by atoms with van der Waals surface area (Å²) in [7, 11) is 0. The standard InChI is InChI=1S/C12H15ClFN3/c13-8-3-10(14)12(16-4-8)17-5-7-1-2-11(15)9(7)6-17/h3-4,7,9,11H,1-2,5-6,15H2. The summed E-state index contributed by atoms with van der Waals surface area (Å²) in [6.45, 7) is 1.68. The van der Waals surface area contributed by atoms with Crippen molar-refractivity contribution in [2.24, 2.45) is 17.6 Å². The Morgan fingerprint density at radius 2 is 2.24 bits per heavy atom. The minimum Gasteiger partial charge on any atom is -0.354 e. The summed E-state index contributed by atoms with van der Waals surface area (Å²) < 4.78 is 13.8. The van der Waals surface area contributed by atoms with Gasteiger partial charge in [0, 0.05) is 25.3 Å². The molecule has 0 spiro atoms. The van der Waals surface area contributed by atoms with E-state index in [-0.39, 0.29) is 11.9 Å². The van der Waals surface area contributed by atoms with E-state index in [1.165, 1.54) is 12.3 Å². The molecule has 3 unspecified atom stereocenters. The molecule has 1 saturated carbocycles. The molecule has 92 valence electrons. The van der Waals surface area contributed by atoms with Crippen LogP contribution >= 0.6 is 11.6 Å². The molecule has 1 aliphatic heterocycles. The summed E-state index contributed by atoms with van der Waals surface area (Å²) in [6, 6.07) is 1.58. The van der Waals surface area contributed by atoms with Gasteiger partial charge in [0.05, 0.1) is 5.02 Å². The molecule has 2 N–H and O–H groups in total. The summed E-state index contributed by atoms with van der Waals surface area (Å²) >= 11 is 5.70. The van der Waals surface area contributed by atoms with Crippen molar-refractivity contribution in [3.05, 3.63) is 23.1 Å². The molecule has 3 rings (SSSR count). The van der Waals surface area contributed by atoms with Crippen LogP contribution in [0.3, 0.4) is 0 Å². The smallest absolute Gasteiger partial charge is 0.167 e. The van der Waals surface area contributed by atoms with Crippen LogP contribution in [-0.2, 0) is 0 Å². The molecule has 2 fully saturated rings. The van der Waals surface area contributed by atoms with Crippen LogP contribution in [0, 0.1) is 17.7 Å². The normalized spacial score (nSPS) is 31.9. The second kappa shape index (κ2) is 4.10. The summed E-state index contributed by atoms with van der Waals surface area (Å²) in [5.74, 6) is 1.16. The van der Waals surface area contributed by atoms with E-state index in [0.717, 1.165) is 25.9 Å². The van der Waals surface area contributed by atoms with E-state index >= 15 is 0 Å². The third-order valence-electron chi connectivity index (χ3n) is 4.00. The van der Waals surface area contributed by atoms with Gasteiger partial charge in [-0.2, -0.15) is 0 Å². The number of hydrogen-bond acceptors (Lipinski definition) is 3. The molecule has 5 heteroatoms. The summed E-state index contributed by atoms with van der Waals surface area (Å²) in [6.07, 6.45) is 3.74. The van der Waals surface area contributed by atoms with Gasteiger partial charge in [-0.3, -0.25) is 0 Å². The zero-order valence-corrected chi connectivity index (χ0v) is 10.2. The van der Waals surface area contributed by atoms with Gasteiger partial charge in [-0.05, 0) is 30.7 Å². The van der Waals surface area contributed by atoms with E-state index in [1.807, 2.05) is 4.90 Å². The van der Waals surface area contributed by atoms with Crippen molar-refractivity contribution in [2.75, 3.05) is 18.0 Å². The van der Waals surface area contributed by atoms with E-state index in [0.29, 0.717) is 22.7 Å². The zero-order valence-electron chi connectivity index (χ0n) is 9.44. The highest BCUT2D eigenvalue weighted by molar-refractivity contribution is 6.30. The molecule has 1 aromatic rings. The Kier molecular flexibility index (Phi) is 2.71. The lowest BCUT2D eigenvalue weighted by Crippen LogP contribution is -2.30. The molecule has 1 saturated heterocycles. The quantitative estimate of drug-likeness (QED) is 0.835. The van der Waals surface area contributed by atoms with Crippen molar-refractivity contribution in [3.8, 4) is 0 Å². The van der Waals surface area contributed by atoms with Gasteiger partial charge in [-0.25, -0.2) is 9.37 Å². The van der Waals surface area contributed by atoms with Crippen LogP contribution in [0.2, 0.25) is 5.02 Å².